The molecule has 0 amide bonds. The van der Waals surface area contributed by atoms with Crippen molar-refractivity contribution in [2.75, 3.05) is 13.1 Å². The van der Waals surface area contributed by atoms with Crippen molar-refractivity contribution in [3.63, 3.8) is 0 Å². The fourth-order valence-electron chi connectivity index (χ4n) is 2.19. The van der Waals surface area contributed by atoms with E-state index in [1.54, 1.807) is 0 Å². The minimum atomic E-state index is 0.813. The molecule has 12 heavy (non-hydrogen) atoms. The predicted molar refractivity (Wildman–Crippen MR) is 51.2 cm³/mol. The van der Waals surface area contributed by atoms with Crippen LogP contribution in [-0.2, 0) is 0 Å². The summed E-state index contributed by atoms with van der Waals surface area (Å²) < 4.78 is 0. The second-order valence-electron chi connectivity index (χ2n) is 4.20. The molecule has 1 heterocycles. The van der Waals surface area contributed by atoms with Crippen LogP contribution in [0.3, 0.4) is 0 Å². The third-order valence-electron chi connectivity index (χ3n) is 3.24. The van der Waals surface area contributed by atoms with Gasteiger partial charge in [0, 0.05) is 12.1 Å². The van der Waals surface area contributed by atoms with Crippen LogP contribution in [0.1, 0.15) is 32.6 Å². The fourth-order valence-corrected chi connectivity index (χ4v) is 2.19. The molecular formula is C10H20N2. The van der Waals surface area contributed by atoms with E-state index < -0.39 is 0 Å². The highest BCUT2D eigenvalue weighted by Gasteiger charge is 2.36. The Bertz CT molecular complexity index is 141. The average molecular weight is 168 g/mol. The molecule has 2 rings (SSSR count). The summed E-state index contributed by atoms with van der Waals surface area (Å²) in [7, 11) is 0. The molecule has 0 aromatic rings. The Balaban J connectivity index is 1.66. The summed E-state index contributed by atoms with van der Waals surface area (Å²) in [6.07, 6.45) is 5.45. The van der Waals surface area contributed by atoms with Crippen LogP contribution in [0.15, 0.2) is 0 Å². The normalized spacial score (nSPS) is 36.8. The van der Waals surface area contributed by atoms with Crippen molar-refractivity contribution < 1.29 is 0 Å². The van der Waals surface area contributed by atoms with Gasteiger partial charge in [-0.05, 0) is 38.3 Å². The van der Waals surface area contributed by atoms with E-state index in [1.165, 1.54) is 38.8 Å². The summed E-state index contributed by atoms with van der Waals surface area (Å²) >= 11 is 0. The van der Waals surface area contributed by atoms with Crippen molar-refractivity contribution in [2.24, 2.45) is 5.92 Å². The summed E-state index contributed by atoms with van der Waals surface area (Å²) in [5.41, 5.74) is 0. The van der Waals surface area contributed by atoms with E-state index in [0.717, 1.165) is 18.0 Å². The lowest BCUT2D eigenvalue weighted by atomic mass is 10.1. The van der Waals surface area contributed by atoms with Gasteiger partial charge in [-0.25, -0.2) is 0 Å². The van der Waals surface area contributed by atoms with Gasteiger partial charge in [-0.15, -0.1) is 0 Å². The third-order valence-corrected chi connectivity index (χ3v) is 3.24. The van der Waals surface area contributed by atoms with Crippen LogP contribution in [0, 0.1) is 5.92 Å². The van der Waals surface area contributed by atoms with Crippen molar-refractivity contribution in [3.8, 4) is 0 Å². The monoisotopic (exact) mass is 168 g/mol. The second-order valence-corrected chi connectivity index (χ2v) is 4.20. The van der Waals surface area contributed by atoms with Crippen LogP contribution in [0.25, 0.3) is 0 Å². The molecule has 2 aliphatic rings. The zero-order valence-corrected chi connectivity index (χ0v) is 7.97. The van der Waals surface area contributed by atoms with E-state index in [1.807, 2.05) is 0 Å². The second kappa shape index (κ2) is 3.75. The molecule has 2 N–H and O–H groups in total. The first-order valence-corrected chi connectivity index (χ1v) is 5.37. The Hall–Kier alpha value is -0.0800. The van der Waals surface area contributed by atoms with Crippen molar-refractivity contribution in [1.82, 2.24) is 10.6 Å². The molecular weight excluding hydrogens is 148 g/mol. The molecule has 2 fully saturated rings. The SMILES string of the molecule is CCC1CC1NC1CCNCC1. The van der Waals surface area contributed by atoms with Gasteiger partial charge >= 0.3 is 0 Å². The molecule has 1 aliphatic heterocycles. The molecule has 0 aromatic carbocycles. The standard InChI is InChI=1S/C10H20N2/c1-2-8-7-10(8)12-9-3-5-11-6-4-9/h8-12H,2-7H2,1H3. The molecule has 0 aromatic heterocycles. The largest absolute Gasteiger partial charge is 0.317 e. The van der Waals surface area contributed by atoms with Crippen LogP contribution in [0.2, 0.25) is 0 Å². The Kier molecular flexibility index (Phi) is 2.66. The Morgan fingerprint density at radius 2 is 2.08 bits per heavy atom. The highest BCUT2D eigenvalue weighted by Crippen LogP contribution is 2.33. The Morgan fingerprint density at radius 1 is 1.33 bits per heavy atom. The third kappa shape index (κ3) is 1.99. The Morgan fingerprint density at radius 3 is 2.67 bits per heavy atom. The topological polar surface area (TPSA) is 24.1 Å². The maximum absolute atomic E-state index is 3.75. The quantitative estimate of drug-likeness (QED) is 0.660. The summed E-state index contributed by atoms with van der Waals surface area (Å²) in [4.78, 5) is 0. The molecule has 1 saturated heterocycles. The van der Waals surface area contributed by atoms with Gasteiger partial charge in [0.25, 0.3) is 0 Å². The van der Waals surface area contributed by atoms with Crippen LogP contribution < -0.4 is 10.6 Å². The number of hydrogen-bond donors (Lipinski definition) is 2. The highest BCUT2D eigenvalue weighted by atomic mass is 15.0. The number of nitrogens with one attached hydrogen (secondary N) is 2. The van der Waals surface area contributed by atoms with Crippen LogP contribution in [0.5, 0.6) is 0 Å². The maximum atomic E-state index is 3.75. The summed E-state index contributed by atoms with van der Waals surface area (Å²) in [6.45, 7) is 4.72. The zero-order chi connectivity index (χ0) is 8.39. The first-order chi connectivity index (χ1) is 5.90. The fraction of sp³-hybridized carbons (Fsp3) is 1.00. The molecule has 2 heteroatoms. The van der Waals surface area contributed by atoms with Gasteiger partial charge in [0.05, 0.1) is 0 Å². The lowest BCUT2D eigenvalue weighted by molar-refractivity contribution is 0.378. The maximum Gasteiger partial charge on any atom is 0.0102 e. The summed E-state index contributed by atoms with van der Waals surface area (Å²) in [6, 6.07) is 1.69. The lowest BCUT2D eigenvalue weighted by Crippen LogP contribution is -2.41. The minimum absolute atomic E-state index is 0.813. The van der Waals surface area contributed by atoms with Crippen molar-refractivity contribution in [3.05, 3.63) is 0 Å². The first kappa shape index (κ1) is 8.52. The smallest absolute Gasteiger partial charge is 0.0102 e. The van der Waals surface area contributed by atoms with Crippen molar-refractivity contribution in [2.45, 2.75) is 44.7 Å². The van der Waals surface area contributed by atoms with Crippen LogP contribution >= 0.6 is 0 Å². The average Bonchev–Trinajstić information content (AvgIpc) is 2.85. The van der Waals surface area contributed by atoms with Crippen LogP contribution in [-0.4, -0.2) is 25.2 Å². The molecule has 1 saturated carbocycles. The van der Waals surface area contributed by atoms with Gasteiger partial charge in [0.15, 0.2) is 0 Å². The summed E-state index contributed by atoms with van der Waals surface area (Å²) in [5, 5.41) is 7.15. The molecule has 70 valence electrons. The first-order valence-electron chi connectivity index (χ1n) is 5.37. The molecule has 1 aliphatic carbocycles. The molecule has 2 unspecified atom stereocenters. The molecule has 0 radical (unpaired) electrons. The van der Waals surface area contributed by atoms with E-state index >= 15 is 0 Å². The minimum Gasteiger partial charge on any atom is -0.317 e. The predicted octanol–water partition coefficient (Wildman–Crippen LogP) is 1.13. The molecule has 2 atom stereocenters. The number of hydrogen-bond acceptors (Lipinski definition) is 2. The lowest BCUT2D eigenvalue weighted by Gasteiger charge is -2.23. The summed E-state index contributed by atoms with van der Waals surface area (Å²) in [5.74, 6) is 1.000. The van der Waals surface area contributed by atoms with Gasteiger partial charge < -0.3 is 10.6 Å². The highest BCUT2D eigenvalue weighted by molar-refractivity contribution is 4.94. The van der Waals surface area contributed by atoms with Crippen molar-refractivity contribution in [1.29, 1.82) is 0 Å². The van der Waals surface area contributed by atoms with Crippen molar-refractivity contribution >= 4 is 0 Å². The number of rotatable bonds is 3. The molecule has 0 bridgehead atoms. The van der Waals surface area contributed by atoms with Gasteiger partial charge in [-0.2, -0.15) is 0 Å². The van der Waals surface area contributed by atoms with Gasteiger partial charge in [0.2, 0.25) is 0 Å². The van der Waals surface area contributed by atoms with Gasteiger partial charge in [-0.1, -0.05) is 13.3 Å². The molecule has 0 spiro atoms. The van der Waals surface area contributed by atoms with Gasteiger partial charge in [0.1, 0.15) is 0 Å². The van der Waals surface area contributed by atoms with E-state index in [0.29, 0.717) is 0 Å². The number of piperidine rings is 1. The van der Waals surface area contributed by atoms with E-state index in [9.17, 15) is 0 Å². The van der Waals surface area contributed by atoms with E-state index in [4.69, 9.17) is 0 Å². The van der Waals surface area contributed by atoms with Crippen LogP contribution in [0.4, 0.5) is 0 Å². The Labute approximate surface area is 75.1 Å². The van der Waals surface area contributed by atoms with Gasteiger partial charge in [-0.3, -0.25) is 0 Å². The van der Waals surface area contributed by atoms with E-state index in [-0.39, 0.29) is 0 Å². The van der Waals surface area contributed by atoms with E-state index in [2.05, 4.69) is 17.6 Å². The molecule has 2 nitrogen and oxygen atoms in total. The zero-order valence-electron chi connectivity index (χ0n) is 7.97.